The fourth-order valence-corrected chi connectivity index (χ4v) is 3.91. The van der Waals surface area contributed by atoms with E-state index >= 15 is 0 Å². The van der Waals surface area contributed by atoms with E-state index in [4.69, 9.17) is 4.74 Å². The van der Waals surface area contributed by atoms with Gasteiger partial charge in [0.05, 0.1) is 18.1 Å². The number of para-hydroxylation sites is 1. The third-order valence-corrected chi connectivity index (χ3v) is 5.39. The molecule has 1 fully saturated rings. The molecular formula is C20H21F2N3O5S. The van der Waals surface area contributed by atoms with E-state index < -0.39 is 24.4 Å². The molecule has 0 saturated carbocycles. The van der Waals surface area contributed by atoms with E-state index in [0.29, 0.717) is 19.4 Å². The van der Waals surface area contributed by atoms with Crippen LogP contribution >= 0.6 is 11.3 Å². The third-order valence-electron chi connectivity index (χ3n) is 4.63. The molecule has 2 heterocycles. The average Bonchev–Trinajstić information content (AvgIpc) is 3.22. The Morgan fingerprint density at radius 2 is 2.10 bits per heavy atom. The maximum Gasteiger partial charge on any atom is 0.387 e. The number of piperidine rings is 1. The molecule has 1 aromatic carbocycles. The van der Waals surface area contributed by atoms with Crippen molar-refractivity contribution in [1.29, 1.82) is 0 Å². The molecule has 2 amide bonds. The number of carbonyl (C=O) groups excluding carboxylic acids is 3. The van der Waals surface area contributed by atoms with Crippen molar-refractivity contribution in [3.05, 3.63) is 40.9 Å². The lowest BCUT2D eigenvalue weighted by Crippen LogP contribution is -2.43. The van der Waals surface area contributed by atoms with Crippen LogP contribution in [0.5, 0.6) is 5.75 Å². The second-order valence-electron chi connectivity index (χ2n) is 6.71. The van der Waals surface area contributed by atoms with Crippen molar-refractivity contribution >= 4 is 34.3 Å². The number of nitrogens with one attached hydrogen (secondary N) is 1. The van der Waals surface area contributed by atoms with Crippen LogP contribution in [0.15, 0.2) is 29.6 Å². The smallest absolute Gasteiger partial charge is 0.387 e. The number of carbonyl (C=O) groups is 3. The van der Waals surface area contributed by atoms with Gasteiger partial charge in [-0.25, -0.2) is 9.78 Å². The Balaban J connectivity index is 1.65. The zero-order chi connectivity index (χ0) is 22.4. The van der Waals surface area contributed by atoms with Gasteiger partial charge in [-0.15, -0.1) is 11.3 Å². The summed E-state index contributed by atoms with van der Waals surface area (Å²) in [6.07, 6.45) is 1.13. The van der Waals surface area contributed by atoms with Crippen LogP contribution in [-0.4, -0.2) is 54.0 Å². The van der Waals surface area contributed by atoms with Crippen LogP contribution in [0.4, 0.5) is 13.9 Å². The largest absolute Gasteiger partial charge is 0.461 e. The summed E-state index contributed by atoms with van der Waals surface area (Å²) in [6.45, 7) is -0.623. The van der Waals surface area contributed by atoms with Gasteiger partial charge in [-0.3, -0.25) is 9.59 Å². The Morgan fingerprint density at radius 3 is 2.84 bits per heavy atom. The molecule has 1 aromatic heterocycles. The lowest BCUT2D eigenvalue weighted by molar-refractivity contribution is -0.121. The predicted molar refractivity (Wildman–Crippen MR) is 108 cm³/mol. The van der Waals surface area contributed by atoms with Crippen molar-refractivity contribution in [2.45, 2.75) is 26.4 Å². The highest BCUT2D eigenvalue weighted by Gasteiger charge is 2.31. The number of alkyl halides is 2. The summed E-state index contributed by atoms with van der Waals surface area (Å²) in [4.78, 5) is 42.7. The number of thiazole rings is 1. The molecule has 3 rings (SSSR count). The SMILES string of the molecule is CCOC(=O)c1csc(NC(=O)[C@@H]2CCCN(C(=O)c3ccccc3OC(F)F)C2)n1. The average molecular weight is 453 g/mol. The zero-order valence-corrected chi connectivity index (χ0v) is 17.5. The predicted octanol–water partition coefficient (Wildman–Crippen LogP) is 3.41. The summed E-state index contributed by atoms with van der Waals surface area (Å²) in [6, 6.07) is 5.77. The highest BCUT2D eigenvalue weighted by Crippen LogP contribution is 2.26. The Bertz CT molecular complexity index is 952. The van der Waals surface area contributed by atoms with Crippen LogP contribution < -0.4 is 10.1 Å². The maximum atomic E-state index is 12.9. The Labute approximate surface area is 181 Å². The molecule has 0 aliphatic carbocycles. The number of halogens is 2. The Kier molecular flexibility index (Phi) is 7.50. The number of benzene rings is 1. The number of likely N-dealkylation sites (tertiary alicyclic amines) is 1. The van der Waals surface area contributed by atoms with Gasteiger partial charge < -0.3 is 19.7 Å². The van der Waals surface area contributed by atoms with Gasteiger partial charge in [0.25, 0.3) is 5.91 Å². The minimum atomic E-state index is -3.05. The van der Waals surface area contributed by atoms with Gasteiger partial charge in [-0.05, 0) is 31.9 Å². The number of esters is 1. The number of amides is 2. The van der Waals surface area contributed by atoms with Crippen molar-refractivity contribution in [3.63, 3.8) is 0 Å². The number of nitrogens with zero attached hydrogens (tertiary/aromatic N) is 2. The molecule has 1 aliphatic heterocycles. The maximum absolute atomic E-state index is 12.9. The number of ether oxygens (including phenoxy) is 2. The first-order valence-electron chi connectivity index (χ1n) is 9.65. The Hall–Kier alpha value is -3.08. The van der Waals surface area contributed by atoms with Gasteiger partial charge in [0.15, 0.2) is 10.8 Å². The fourth-order valence-electron chi connectivity index (χ4n) is 3.23. The highest BCUT2D eigenvalue weighted by molar-refractivity contribution is 7.14. The van der Waals surface area contributed by atoms with Crippen molar-refractivity contribution in [2.24, 2.45) is 5.92 Å². The fraction of sp³-hybridized carbons (Fsp3) is 0.400. The number of hydrogen-bond donors (Lipinski definition) is 1. The highest BCUT2D eigenvalue weighted by atomic mass is 32.1. The van der Waals surface area contributed by atoms with E-state index in [1.165, 1.54) is 28.5 Å². The number of hydrogen-bond acceptors (Lipinski definition) is 7. The monoisotopic (exact) mass is 453 g/mol. The van der Waals surface area contributed by atoms with Crippen molar-refractivity contribution < 1.29 is 32.6 Å². The van der Waals surface area contributed by atoms with E-state index in [9.17, 15) is 23.2 Å². The number of anilines is 1. The molecule has 1 N–H and O–H groups in total. The van der Waals surface area contributed by atoms with Crippen molar-refractivity contribution in [3.8, 4) is 5.75 Å². The number of rotatable bonds is 7. The van der Waals surface area contributed by atoms with Crippen LogP contribution in [0, 0.1) is 5.92 Å². The molecule has 2 aromatic rings. The standard InChI is InChI=1S/C20H21F2N3O5S/c1-2-29-18(28)14-11-31-20(23-14)24-16(26)12-6-5-9-25(10-12)17(27)13-7-3-4-8-15(13)30-19(21)22/h3-4,7-8,11-12,19H,2,5-6,9-10H2,1H3,(H,23,24,26)/t12-/m1/s1. The molecule has 8 nitrogen and oxygen atoms in total. The topological polar surface area (TPSA) is 97.8 Å². The molecule has 0 unspecified atom stereocenters. The third kappa shape index (κ3) is 5.75. The minimum Gasteiger partial charge on any atom is -0.461 e. The lowest BCUT2D eigenvalue weighted by atomic mass is 9.96. The van der Waals surface area contributed by atoms with Gasteiger partial charge in [0.1, 0.15) is 5.75 Å². The van der Waals surface area contributed by atoms with Gasteiger partial charge >= 0.3 is 12.6 Å². The van der Waals surface area contributed by atoms with E-state index in [2.05, 4.69) is 15.0 Å². The van der Waals surface area contributed by atoms with Crippen LogP contribution in [0.25, 0.3) is 0 Å². The van der Waals surface area contributed by atoms with Crippen LogP contribution in [0.3, 0.4) is 0 Å². The summed E-state index contributed by atoms with van der Waals surface area (Å²) in [7, 11) is 0. The van der Waals surface area contributed by atoms with Gasteiger partial charge in [-0.2, -0.15) is 8.78 Å². The molecule has 0 radical (unpaired) electrons. The van der Waals surface area contributed by atoms with E-state index in [1.54, 1.807) is 13.0 Å². The molecule has 31 heavy (non-hydrogen) atoms. The molecule has 166 valence electrons. The molecule has 1 aliphatic rings. The van der Waals surface area contributed by atoms with Gasteiger partial charge in [-0.1, -0.05) is 12.1 Å². The van der Waals surface area contributed by atoms with Crippen LogP contribution in [-0.2, 0) is 9.53 Å². The summed E-state index contributed by atoms with van der Waals surface area (Å²) in [5.74, 6) is -2.09. The van der Waals surface area contributed by atoms with Crippen molar-refractivity contribution in [2.75, 3.05) is 25.0 Å². The summed E-state index contributed by atoms with van der Waals surface area (Å²) < 4.78 is 34.6. The molecule has 11 heteroatoms. The van der Waals surface area contributed by atoms with Gasteiger partial charge in [0.2, 0.25) is 5.91 Å². The van der Waals surface area contributed by atoms with E-state index in [-0.39, 0.29) is 41.2 Å². The first-order valence-corrected chi connectivity index (χ1v) is 10.5. The number of aromatic nitrogens is 1. The van der Waals surface area contributed by atoms with Crippen LogP contribution in [0.1, 0.15) is 40.6 Å². The molecule has 1 atom stereocenters. The quantitative estimate of drug-likeness (QED) is 0.646. The van der Waals surface area contributed by atoms with Crippen LogP contribution in [0.2, 0.25) is 0 Å². The molecule has 0 spiro atoms. The minimum absolute atomic E-state index is 0.0165. The normalized spacial score (nSPS) is 16.1. The summed E-state index contributed by atoms with van der Waals surface area (Å²) in [5, 5.41) is 4.41. The second kappa shape index (κ2) is 10.3. The zero-order valence-electron chi connectivity index (χ0n) is 16.7. The molecule has 1 saturated heterocycles. The first-order chi connectivity index (χ1) is 14.9. The second-order valence-corrected chi connectivity index (χ2v) is 7.57. The first kappa shape index (κ1) is 22.6. The molecule has 0 bridgehead atoms. The van der Waals surface area contributed by atoms with E-state index in [1.807, 2.05) is 0 Å². The van der Waals surface area contributed by atoms with Crippen molar-refractivity contribution in [1.82, 2.24) is 9.88 Å². The lowest BCUT2D eigenvalue weighted by Gasteiger charge is -2.32. The Morgan fingerprint density at radius 1 is 1.32 bits per heavy atom. The van der Waals surface area contributed by atoms with E-state index in [0.717, 1.165) is 11.3 Å². The van der Waals surface area contributed by atoms with Gasteiger partial charge in [0, 0.05) is 18.5 Å². The molecular weight excluding hydrogens is 432 g/mol. The summed E-state index contributed by atoms with van der Waals surface area (Å²) in [5.41, 5.74) is 0.126. The summed E-state index contributed by atoms with van der Waals surface area (Å²) >= 11 is 1.10.